The lowest BCUT2D eigenvalue weighted by Gasteiger charge is -2.24. The quantitative estimate of drug-likeness (QED) is 0.645. The van der Waals surface area contributed by atoms with Crippen LogP contribution in [0.5, 0.6) is 0 Å². The number of morpholine rings is 1. The number of nitrogens with two attached hydrogens (primary N) is 1. The van der Waals surface area contributed by atoms with Crippen molar-refractivity contribution < 1.29 is 9.15 Å². The van der Waals surface area contributed by atoms with E-state index in [9.17, 15) is 0 Å². The SMILES string of the molecule is Nc1cnc(N2CCOCC2)o1. The van der Waals surface area contributed by atoms with Crippen molar-refractivity contribution in [3.05, 3.63) is 6.20 Å². The van der Waals surface area contributed by atoms with E-state index in [1.54, 1.807) is 0 Å². The number of oxazole rings is 1. The Balaban J connectivity index is 2.08. The fraction of sp³-hybridized carbons (Fsp3) is 0.571. The molecule has 2 rings (SSSR count). The molecule has 1 saturated heterocycles. The first-order valence-corrected chi connectivity index (χ1v) is 3.90. The summed E-state index contributed by atoms with van der Waals surface area (Å²) in [4.78, 5) is 6.03. The summed E-state index contributed by atoms with van der Waals surface area (Å²) in [6.45, 7) is 3.09. The third-order valence-electron chi connectivity index (χ3n) is 1.79. The van der Waals surface area contributed by atoms with Gasteiger partial charge in [0.15, 0.2) is 0 Å². The summed E-state index contributed by atoms with van der Waals surface area (Å²) in [6, 6.07) is 0.593. The zero-order valence-electron chi connectivity index (χ0n) is 6.69. The monoisotopic (exact) mass is 169 g/mol. The predicted octanol–water partition coefficient (Wildman–Crippen LogP) is 0.0934. The lowest BCUT2D eigenvalue weighted by molar-refractivity contribution is 0.120. The average molecular weight is 169 g/mol. The Morgan fingerprint density at radius 1 is 1.42 bits per heavy atom. The molecule has 0 bridgehead atoms. The molecule has 1 aliphatic rings. The molecule has 0 radical (unpaired) electrons. The number of hydrogen-bond donors (Lipinski definition) is 1. The molecule has 0 atom stereocenters. The molecule has 2 heterocycles. The number of aromatic nitrogens is 1. The summed E-state index contributed by atoms with van der Waals surface area (Å²) >= 11 is 0. The Morgan fingerprint density at radius 3 is 2.75 bits per heavy atom. The zero-order valence-corrected chi connectivity index (χ0v) is 6.69. The first-order chi connectivity index (χ1) is 5.86. The van der Waals surface area contributed by atoms with Gasteiger partial charge in [0.2, 0.25) is 5.88 Å². The van der Waals surface area contributed by atoms with E-state index < -0.39 is 0 Å². The molecule has 66 valence electrons. The van der Waals surface area contributed by atoms with Crippen LogP contribution in [-0.4, -0.2) is 31.3 Å². The fourth-order valence-electron chi connectivity index (χ4n) is 1.18. The minimum absolute atomic E-state index is 0.358. The van der Waals surface area contributed by atoms with E-state index in [0.29, 0.717) is 11.9 Å². The van der Waals surface area contributed by atoms with Gasteiger partial charge in [-0.2, -0.15) is 4.98 Å². The number of nitrogen functional groups attached to an aromatic ring is 1. The van der Waals surface area contributed by atoms with Crippen molar-refractivity contribution in [2.75, 3.05) is 36.9 Å². The Kier molecular flexibility index (Phi) is 1.87. The summed E-state index contributed by atoms with van der Waals surface area (Å²) in [5, 5.41) is 0. The van der Waals surface area contributed by atoms with Crippen molar-refractivity contribution in [3.63, 3.8) is 0 Å². The van der Waals surface area contributed by atoms with Gasteiger partial charge in [-0.1, -0.05) is 0 Å². The Bertz CT molecular complexity index is 255. The highest BCUT2D eigenvalue weighted by molar-refractivity contribution is 5.33. The van der Waals surface area contributed by atoms with Crippen molar-refractivity contribution in [2.45, 2.75) is 0 Å². The highest BCUT2D eigenvalue weighted by atomic mass is 16.5. The maximum Gasteiger partial charge on any atom is 0.299 e. The smallest absolute Gasteiger partial charge is 0.299 e. The molecule has 0 saturated carbocycles. The topological polar surface area (TPSA) is 64.5 Å². The van der Waals surface area contributed by atoms with E-state index in [0.717, 1.165) is 26.3 Å². The van der Waals surface area contributed by atoms with E-state index in [4.69, 9.17) is 14.9 Å². The normalized spacial score (nSPS) is 18.2. The number of rotatable bonds is 1. The number of ether oxygens (including phenoxy) is 1. The molecule has 5 heteroatoms. The van der Waals surface area contributed by atoms with Crippen molar-refractivity contribution in [2.24, 2.45) is 0 Å². The molecule has 0 spiro atoms. The van der Waals surface area contributed by atoms with Crippen LogP contribution < -0.4 is 10.6 Å². The van der Waals surface area contributed by atoms with Gasteiger partial charge >= 0.3 is 0 Å². The maximum absolute atomic E-state index is 5.40. The molecule has 1 aliphatic heterocycles. The van der Waals surface area contributed by atoms with Gasteiger partial charge in [0.05, 0.1) is 19.4 Å². The molecule has 0 aromatic carbocycles. The molecule has 1 fully saturated rings. The summed E-state index contributed by atoms with van der Waals surface area (Å²) in [7, 11) is 0. The Labute approximate surface area is 70.1 Å². The highest BCUT2D eigenvalue weighted by Crippen LogP contribution is 2.16. The first-order valence-electron chi connectivity index (χ1n) is 3.90. The fourth-order valence-corrected chi connectivity index (χ4v) is 1.18. The van der Waals surface area contributed by atoms with E-state index in [-0.39, 0.29) is 0 Å². The number of hydrogen-bond acceptors (Lipinski definition) is 5. The van der Waals surface area contributed by atoms with Crippen LogP contribution in [0.3, 0.4) is 0 Å². The molecule has 0 amide bonds. The van der Waals surface area contributed by atoms with E-state index in [1.807, 2.05) is 4.90 Å². The van der Waals surface area contributed by atoms with E-state index in [2.05, 4.69) is 4.98 Å². The van der Waals surface area contributed by atoms with Crippen LogP contribution >= 0.6 is 0 Å². The highest BCUT2D eigenvalue weighted by Gasteiger charge is 2.15. The molecule has 12 heavy (non-hydrogen) atoms. The molecule has 0 aliphatic carbocycles. The minimum atomic E-state index is 0.358. The molecule has 1 aromatic heterocycles. The van der Waals surface area contributed by atoms with Crippen LogP contribution in [0.4, 0.5) is 11.9 Å². The second-order valence-electron chi connectivity index (χ2n) is 2.64. The molecule has 5 nitrogen and oxygen atoms in total. The third kappa shape index (κ3) is 1.35. The lowest BCUT2D eigenvalue weighted by atomic mass is 10.5. The maximum atomic E-state index is 5.40. The van der Waals surface area contributed by atoms with Crippen LogP contribution in [0.25, 0.3) is 0 Å². The summed E-state index contributed by atoms with van der Waals surface area (Å²) < 4.78 is 10.3. The van der Waals surface area contributed by atoms with Crippen LogP contribution in [0, 0.1) is 0 Å². The predicted molar refractivity (Wildman–Crippen MR) is 43.9 cm³/mol. The van der Waals surface area contributed by atoms with Crippen molar-refractivity contribution >= 4 is 11.9 Å². The van der Waals surface area contributed by atoms with E-state index >= 15 is 0 Å². The van der Waals surface area contributed by atoms with Crippen LogP contribution in [0.1, 0.15) is 0 Å². The van der Waals surface area contributed by atoms with Gasteiger partial charge in [-0.25, -0.2) is 0 Å². The van der Waals surface area contributed by atoms with Crippen molar-refractivity contribution in [1.29, 1.82) is 0 Å². The molecule has 2 N–H and O–H groups in total. The Morgan fingerprint density at radius 2 is 2.17 bits per heavy atom. The van der Waals surface area contributed by atoms with Gasteiger partial charge in [-0.15, -0.1) is 0 Å². The average Bonchev–Trinajstić information content (AvgIpc) is 2.54. The summed E-state index contributed by atoms with van der Waals surface area (Å²) in [6.07, 6.45) is 1.52. The van der Waals surface area contributed by atoms with Crippen LogP contribution in [0.2, 0.25) is 0 Å². The lowest BCUT2D eigenvalue weighted by Crippen LogP contribution is -2.36. The molecule has 1 aromatic rings. The molecule has 0 unspecified atom stereocenters. The third-order valence-corrected chi connectivity index (χ3v) is 1.79. The van der Waals surface area contributed by atoms with Gasteiger partial charge in [-0.05, 0) is 0 Å². The summed E-state index contributed by atoms with van der Waals surface area (Å²) in [5.41, 5.74) is 5.40. The second kappa shape index (κ2) is 3.02. The van der Waals surface area contributed by atoms with Gasteiger partial charge in [0.25, 0.3) is 6.01 Å². The molecular formula is C7H11N3O2. The first kappa shape index (κ1) is 7.42. The molecular weight excluding hydrogens is 158 g/mol. The van der Waals surface area contributed by atoms with Gasteiger partial charge in [0.1, 0.15) is 0 Å². The number of anilines is 2. The van der Waals surface area contributed by atoms with Gasteiger partial charge in [0, 0.05) is 13.1 Å². The van der Waals surface area contributed by atoms with Gasteiger partial charge < -0.3 is 19.8 Å². The minimum Gasteiger partial charge on any atom is -0.408 e. The van der Waals surface area contributed by atoms with Gasteiger partial charge in [-0.3, -0.25) is 0 Å². The van der Waals surface area contributed by atoms with Crippen molar-refractivity contribution in [3.8, 4) is 0 Å². The van der Waals surface area contributed by atoms with E-state index in [1.165, 1.54) is 6.20 Å². The van der Waals surface area contributed by atoms with Crippen LogP contribution in [-0.2, 0) is 4.74 Å². The zero-order chi connectivity index (χ0) is 8.39. The largest absolute Gasteiger partial charge is 0.408 e. The second-order valence-corrected chi connectivity index (χ2v) is 2.64. The number of nitrogens with zero attached hydrogens (tertiary/aromatic N) is 2. The standard InChI is InChI=1S/C7H11N3O2/c8-6-5-9-7(12-6)10-1-3-11-4-2-10/h5H,1-4,8H2. The summed E-state index contributed by atoms with van der Waals surface area (Å²) in [5.74, 6) is 0.358. The van der Waals surface area contributed by atoms with Crippen molar-refractivity contribution in [1.82, 2.24) is 4.98 Å². The Hall–Kier alpha value is -1.23. The van der Waals surface area contributed by atoms with Crippen LogP contribution in [0.15, 0.2) is 10.6 Å².